The van der Waals surface area contributed by atoms with Gasteiger partial charge in [0.1, 0.15) is 6.54 Å². The molecule has 1 heterocycles. The molecular formula is C9H16N4O2. The molecule has 6 heteroatoms. The average Bonchev–Trinajstić information content (AvgIpc) is 2.70. The summed E-state index contributed by atoms with van der Waals surface area (Å²) in [6.07, 6.45) is 5.79. The number of rotatable bonds is 7. The van der Waals surface area contributed by atoms with Crippen LogP contribution < -0.4 is 5.32 Å². The van der Waals surface area contributed by atoms with Gasteiger partial charge in [0, 0.05) is 19.3 Å². The van der Waals surface area contributed by atoms with Crippen molar-refractivity contribution in [3.05, 3.63) is 12.4 Å². The second kappa shape index (κ2) is 6.94. The van der Waals surface area contributed by atoms with E-state index in [9.17, 15) is 4.79 Å². The Balaban J connectivity index is 2.04. The number of carbonyl (C=O) groups excluding carboxylic acids is 1. The van der Waals surface area contributed by atoms with Gasteiger partial charge in [-0.05, 0) is 19.3 Å². The molecule has 0 atom stereocenters. The van der Waals surface area contributed by atoms with Gasteiger partial charge in [0.2, 0.25) is 5.91 Å². The van der Waals surface area contributed by atoms with Gasteiger partial charge >= 0.3 is 0 Å². The van der Waals surface area contributed by atoms with E-state index in [1.165, 1.54) is 10.9 Å². The summed E-state index contributed by atoms with van der Waals surface area (Å²) >= 11 is 0. The predicted octanol–water partition coefficient (Wildman–Crippen LogP) is -0.443. The minimum absolute atomic E-state index is 0.0653. The molecule has 0 saturated heterocycles. The van der Waals surface area contributed by atoms with Crippen molar-refractivity contribution >= 4 is 5.91 Å². The summed E-state index contributed by atoms with van der Waals surface area (Å²) in [5, 5.41) is 18.6. The normalized spacial score (nSPS) is 10.2. The molecule has 0 spiro atoms. The highest BCUT2D eigenvalue weighted by Crippen LogP contribution is 1.92. The van der Waals surface area contributed by atoms with Crippen LogP contribution >= 0.6 is 0 Å². The van der Waals surface area contributed by atoms with Crippen LogP contribution in [0.25, 0.3) is 0 Å². The van der Waals surface area contributed by atoms with E-state index in [4.69, 9.17) is 5.11 Å². The fraction of sp³-hybridized carbons (Fsp3) is 0.667. The van der Waals surface area contributed by atoms with Crippen molar-refractivity contribution in [2.45, 2.75) is 25.8 Å². The number of hydrogen-bond donors (Lipinski definition) is 2. The average molecular weight is 212 g/mol. The number of nitrogens with zero attached hydrogens (tertiary/aromatic N) is 3. The van der Waals surface area contributed by atoms with Crippen molar-refractivity contribution in [2.24, 2.45) is 0 Å². The molecule has 0 fully saturated rings. The monoisotopic (exact) mass is 212 g/mol. The Kier molecular flexibility index (Phi) is 5.39. The summed E-state index contributed by atoms with van der Waals surface area (Å²) in [7, 11) is 0. The largest absolute Gasteiger partial charge is 0.396 e. The summed E-state index contributed by atoms with van der Waals surface area (Å²) < 4.78 is 1.48. The van der Waals surface area contributed by atoms with E-state index in [-0.39, 0.29) is 19.1 Å². The van der Waals surface area contributed by atoms with Crippen molar-refractivity contribution in [3.63, 3.8) is 0 Å². The molecule has 0 aliphatic heterocycles. The van der Waals surface area contributed by atoms with E-state index in [2.05, 4.69) is 15.6 Å². The van der Waals surface area contributed by atoms with Gasteiger partial charge in [0.05, 0.1) is 6.20 Å². The Morgan fingerprint density at radius 1 is 1.40 bits per heavy atom. The fourth-order valence-corrected chi connectivity index (χ4v) is 1.16. The molecule has 0 unspecified atom stereocenters. The molecule has 0 aliphatic rings. The van der Waals surface area contributed by atoms with E-state index in [0.29, 0.717) is 6.54 Å². The number of amides is 1. The van der Waals surface area contributed by atoms with Gasteiger partial charge in [-0.2, -0.15) is 0 Å². The predicted molar refractivity (Wildman–Crippen MR) is 54.0 cm³/mol. The maximum atomic E-state index is 11.3. The van der Waals surface area contributed by atoms with Gasteiger partial charge in [-0.3, -0.25) is 4.79 Å². The smallest absolute Gasteiger partial charge is 0.241 e. The van der Waals surface area contributed by atoms with Crippen LogP contribution in [0.2, 0.25) is 0 Å². The van der Waals surface area contributed by atoms with Gasteiger partial charge in [0.25, 0.3) is 0 Å². The lowest BCUT2D eigenvalue weighted by atomic mass is 10.2. The van der Waals surface area contributed by atoms with Crippen LogP contribution in [-0.4, -0.2) is 39.2 Å². The van der Waals surface area contributed by atoms with Crippen LogP contribution in [0, 0.1) is 0 Å². The molecular weight excluding hydrogens is 196 g/mol. The first-order chi connectivity index (χ1) is 7.33. The zero-order valence-corrected chi connectivity index (χ0v) is 8.59. The van der Waals surface area contributed by atoms with E-state index < -0.39 is 0 Å². The van der Waals surface area contributed by atoms with Gasteiger partial charge in [0.15, 0.2) is 0 Å². The maximum Gasteiger partial charge on any atom is 0.241 e. The molecule has 1 aromatic heterocycles. The highest BCUT2D eigenvalue weighted by molar-refractivity contribution is 5.75. The van der Waals surface area contributed by atoms with Crippen LogP contribution in [-0.2, 0) is 11.3 Å². The molecule has 0 aromatic carbocycles. The van der Waals surface area contributed by atoms with Crippen molar-refractivity contribution in [2.75, 3.05) is 13.2 Å². The number of unbranched alkanes of at least 4 members (excludes halogenated alkanes) is 2. The summed E-state index contributed by atoms with van der Waals surface area (Å²) in [5.74, 6) is -0.0653. The molecule has 1 rings (SSSR count). The summed E-state index contributed by atoms with van der Waals surface area (Å²) in [6, 6.07) is 0. The number of aliphatic hydroxyl groups excluding tert-OH is 1. The lowest BCUT2D eigenvalue weighted by molar-refractivity contribution is -0.121. The lowest BCUT2D eigenvalue weighted by Crippen LogP contribution is -2.28. The molecule has 1 aromatic rings. The molecule has 0 radical (unpaired) electrons. The highest BCUT2D eigenvalue weighted by Gasteiger charge is 2.01. The minimum Gasteiger partial charge on any atom is -0.396 e. The summed E-state index contributed by atoms with van der Waals surface area (Å²) in [6.45, 7) is 1.07. The van der Waals surface area contributed by atoms with Crippen molar-refractivity contribution in [1.82, 2.24) is 20.3 Å². The molecule has 0 bridgehead atoms. The van der Waals surface area contributed by atoms with Crippen LogP contribution in [0.15, 0.2) is 12.4 Å². The van der Waals surface area contributed by atoms with Crippen molar-refractivity contribution in [3.8, 4) is 0 Å². The topological polar surface area (TPSA) is 80.0 Å². The highest BCUT2D eigenvalue weighted by atomic mass is 16.2. The quantitative estimate of drug-likeness (QED) is 0.600. The third-order valence-corrected chi connectivity index (χ3v) is 1.93. The van der Waals surface area contributed by atoms with E-state index >= 15 is 0 Å². The van der Waals surface area contributed by atoms with E-state index in [1.807, 2.05) is 0 Å². The van der Waals surface area contributed by atoms with Crippen LogP contribution in [0.4, 0.5) is 0 Å². The first kappa shape index (κ1) is 11.6. The number of aromatic nitrogens is 3. The first-order valence-electron chi connectivity index (χ1n) is 5.04. The van der Waals surface area contributed by atoms with Crippen molar-refractivity contribution < 1.29 is 9.90 Å². The van der Waals surface area contributed by atoms with E-state index in [1.54, 1.807) is 6.20 Å². The fourth-order valence-electron chi connectivity index (χ4n) is 1.16. The molecule has 15 heavy (non-hydrogen) atoms. The van der Waals surface area contributed by atoms with Gasteiger partial charge < -0.3 is 10.4 Å². The Morgan fingerprint density at radius 3 is 2.93 bits per heavy atom. The molecule has 84 valence electrons. The Bertz CT molecular complexity index is 274. The zero-order chi connectivity index (χ0) is 10.9. The molecule has 0 saturated carbocycles. The minimum atomic E-state index is -0.0653. The van der Waals surface area contributed by atoms with Gasteiger partial charge in [-0.1, -0.05) is 5.21 Å². The SMILES string of the molecule is O=C(Cn1ccnn1)NCCCCCO. The van der Waals surface area contributed by atoms with Gasteiger partial charge in [-0.15, -0.1) is 5.10 Å². The lowest BCUT2D eigenvalue weighted by Gasteiger charge is -2.04. The second-order valence-corrected chi connectivity index (χ2v) is 3.23. The van der Waals surface area contributed by atoms with E-state index in [0.717, 1.165) is 19.3 Å². The molecule has 1 amide bonds. The number of carbonyl (C=O) groups is 1. The van der Waals surface area contributed by atoms with Crippen LogP contribution in [0.1, 0.15) is 19.3 Å². The van der Waals surface area contributed by atoms with Crippen LogP contribution in [0.5, 0.6) is 0 Å². The molecule has 6 nitrogen and oxygen atoms in total. The number of hydrogen-bond acceptors (Lipinski definition) is 4. The van der Waals surface area contributed by atoms with Crippen LogP contribution in [0.3, 0.4) is 0 Å². The van der Waals surface area contributed by atoms with Gasteiger partial charge in [-0.25, -0.2) is 4.68 Å². The standard InChI is InChI=1S/C9H16N4O2/c14-7-3-1-2-4-10-9(15)8-13-6-5-11-12-13/h5-6,14H,1-4,7-8H2,(H,10,15). The number of aliphatic hydroxyl groups is 1. The third kappa shape index (κ3) is 5.11. The molecule has 0 aliphatic carbocycles. The molecule has 2 N–H and O–H groups in total. The third-order valence-electron chi connectivity index (χ3n) is 1.93. The maximum absolute atomic E-state index is 11.3. The van der Waals surface area contributed by atoms with Crippen molar-refractivity contribution in [1.29, 1.82) is 0 Å². The zero-order valence-electron chi connectivity index (χ0n) is 8.59. The Hall–Kier alpha value is -1.43. The summed E-state index contributed by atoms with van der Waals surface area (Å²) in [5.41, 5.74) is 0. The first-order valence-corrected chi connectivity index (χ1v) is 5.04. The Labute approximate surface area is 88.3 Å². The number of nitrogens with one attached hydrogen (secondary N) is 1. The second-order valence-electron chi connectivity index (χ2n) is 3.23. The summed E-state index contributed by atoms with van der Waals surface area (Å²) in [4.78, 5) is 11.3. The Morgan fingerprint density at radius 2 is 2.27 bits per heavy atom.